The zero-order valence-corrected chi connectivity index (χ0v) is 25.0. The second kappa shape index (κ2) is 11.6. The molecule has 0 unspecified atom stereocenters. The molecule has 3 heterocycles. The molecular weight excluding hydrogens is 662 g/mol. The summed E-state index contributed by atoms with van der Waals surface area (Å²) >= 11 is 2.42. The van der Waals surface area contributed by atoms with Gasteiger partial charge in [-0.05, 0) is 7.05 Å². The molecule has 0 saturated carbocycles. The van der Waals surface area contributed by atoms with Gasteiger partial charge in [-0.2, -0.15) is 0 Å². The molecule has 0 spiro atoms. The summed E-state index contributed by atoms with van der Waals surface area (Å²) in [5, 5.41) is 0. The van der Waals surface area contributed by atoms with E-state index in [9.17, 15) is 0 Å². The monoisotopic (exact) mass is 697 g/mol. The van der Waals surface area contributed by atoms with Crippen molar-refractivity contribution < 1.29 is 21.2 Å². The van der Waals surface area contributed by atoms with Gasteiger partial charge in [-0.15, -0.1) is 0 Å². The van der Waals surface area contributed by atoms with Crippen LogP contribution >= 0.6 is 22.6 Å². The molecule has 2 aliphatic heterocycles. The first-order chi connectivity index (χ1) is 16.9. The molecule has 2 fully saturated rings. The molecule has 1 aromatic heterocycles. The van der Waals surface area contributed by atoms with Crippen molar-refractivity contribution in [3.63, 3.8) is 0 Å². The van der Waals surface area contributed by atoms with Crippen LogP contribution in [-0.4, -0.2) is 67.5 Å². The maximum absolute atomic E-state index is 6.83. The molecule has 2 atom stereocenters. The van der Waals surface area contributed by atoms with E-state index in [0.29, 0.717) is 17.9 Å². The Balaban J connectivity index is 1.77. The van der Waals surface area contributed by atoms with E-state index in [2.05, 4.69) is 92.8 Å². The number of halogens is 2. The number of nitrogen functional groups attached to an aromatic ring is 1. The number of nitrogens with two attached hydrogens (primary N) is 2. The fraction of sp³-hybridized carbons (Fsp3) is 0.370. The summed E-state index contributed by atoms with van der Waals surface area (Å²) in [5.41, 5.74) is 17.6. The van der Waals surface area contributed by atoms with E-state index in [1.54, 1.807) is 6.20 Å². The first-order valence-corrected chi connectivity index (χ1v) is 16.6. The molecule has 6 nitrogen and oxygen atoms in total. The van der Waals surface area contributed by atoms with E-state index in [0.717, 1.165) is 61.5 Å². The summed E-state index contributed by atoms with van der Waals surface area (Å²) in [6.45, 7) is 9.39. The molecular formula is C27H35I2N6-. The van der Waals surface area contributed by atoms with Crippen LogP contribution < -0.4 is 32.7 Å². The van der Waals surface area contributed by atoms with Gasteiger partial charge in [0, 0.05) is 0 Å². The van der Waals surface area contributed by atoms with Crippen LogP contribution in [-0.2, 0) is 0 Å². The summed E-state index contributed by atoms with van der Waals surface area (Å²) in [4.78, 5) is 12.5. The first-order valence-electron chi connectivity index (χ1n) is 11.8. The van der Waals surface area contributed by atoms with Gasteiger partial charge in [-0.25, -0.2) is 0 Å². The van der Waals surface area contributed by atoms with Crippen molar-refractivity contribution >= 4 is 45.8 Å². The molecule has 2 aromatic rings. The molecule has 2 bridgehead atoms. The van der Waals surface area contributed by atoms with Crippen LogP contribution in [0.2, 0.25) is 0 Å². The summed E-state index contributed by atoms with van der Waals surface area (Å²) in [5.74, 6) is 1.46. The quantitative estimate of drug-likeness (QED) is 0.234. The molecule has 2 aliphatic rings. The Morgan fingerprint density at radius 1 is 1.29 bits per heavy atom. The fourth-order valence-corrected chi connectivity index (χ4v) is 6.49. The van der Waals surface area contributed by atoms with Crippen molar-refractivity contribution in [2.75, 3.05) is 41.8 Å². The Bertz CT molecular complexity index is 1180. The van der Waals surface area contributed by atoms with E-state index >= 15 is 0 Å². The average molecular weight is 697 g/mol. The number of allylic oxidation sites excluding steroid dienone is 4. The molecule has 0 radical (unpaired) electrons. The van der Waals surface area contributed by atoms with Crippen LogP contribution in [0.15, 0.2) is 49.2 Å². The number of hydrogen-bond donors (Lipinski definition) is 2. The van der Waals surface area contributed by atoms with Gasteiger partial charge in [0.25, 0.3) is 0 Å². The van der Waals surface area contributed by atoms with E-state index in [1.807, 2.05) is 12.2 Å². The van der Waals surface area contributed by atoms with Crippen molar-refractivity contribution in [1.29, 1.82) is 0 Å². The average Bonchev–Trinajstić information content (AvgIpc) is 3.52. The fourth-order valence-electron chi connectivity index (χ4n) is 5.08. The minimum absolute atomic E-state index is 0.0945. The maximum atomic E-state index is 6.83. The molecule has 4 N–H and O–H groups in total. The number of nitrogens with zero attached hydrogens (tertiary/aromatic N) is 4. The van der Waals surface area contributed by atoms with Crippen molar-refractivity contribution in [2.45, 2.75) is 25.4 Å². The third-order valence-corrected chi connectivity index (χ3v) is 8.98. The number of aromatic nitrogens is 2. The third kappa shape index (κ3) is 5.55. The second-order valence-corrected chi connectivity index (χ2v) is 12.8. The van der Waals surface area contributed by atoms with Gasteiger partial charge in [-0.1, -0.05) is 0 Å². The minimum atomic E-state index is 0.0945. The standard InChI is InChI=1S/C27H35I2N6/c1-5-19-14-20(28)6-7-24(19)27-32-25(26(31)35(27)21(9-12-30)8-11-29-3)18(2)10-13-34-17-22-15-23(34)16-33(22)4/h5-10,12,14,22-23H,1,11,13,15-17,30-31H2,2-4H3/q-1/b12-9-,18-10-,21-8+/t22-,23-/m1/s1. The first kappa shape index (κ1) is 26.4. The number of rotatable bonds is 9. The topological polar surface area (TPSA) is 76.3 Å². The van der Waals surface area contributed by atoms with E-state index in [1.165, 1.54) is 6.42 Å². The number of benzene rings is 1. The van der Waals surface area contributed by atoms with Gasteiger partial charge in [0.2, 0.25) is 0 Å². The number of fused-ring (bicyclic) bond motifs is 2. The van der Waals surface area contributed by atoms with Crippen molar-refractivity contribution in [3.8, 4) is 11.4 Å². The van der Waals surface area contributed by atoms with Gasteiger partial charge >= 0.3 is 223 Å². The van der Waals surface area contributed by atoms with E-state index < -0.39 is 0 Å². The molecule has 188 valence electrons. The van der Waals surface area contributed by atoms with Crippen LogP contribution in [0.5, 0.6) is 0 Å². The summed E-state index contributed by atoms with van der Waals surface area (Å²) in [7, 11) is 2.24. The number of alkyl halides is 2. The van der Waals surface area contributed by atoms with Gasteiger partial charge in [-0.3, -0.25) is 0 Å². The van der Waals surface area contributed by atoms with Crippen LogP contribution in [0.3, 0.4) is 0 Å². The molecule has 0 amide bonds. The number of imidazole rings is 1. The SMILES string of the molecule is C=Cc1cc(I)ccc1-c1nc(/C(C)=C\CN2C[C@H]3C[C@@H]2CN3C)c(N)n1C(/C=C\N)=C/C[I-]C. The zero-order valence-electron chi connectivity index (χ0n) is 20.7. The van der Waals surface area contributed by atoms with Crippen molar-refractivity contribution in [3.05, 3.63) is 64.0 Å². The third-order valence-electron chi connectivity index (χ3n) is 6.99. The Labute approximate surface area is 233 Å². The molecule has 4 rings (SSSR count). The Morgan fingerprint density at radius 3 is 2.71 bits per heavy atom. The molecule has 1 aromatic carbocycles. The zero-order chi connectivity index (χ0) is 25.1. The Kier molecular flexibility index (Phi) is 8.77. The van der Waals surface area contributed by atoms with Gasteiger partial charge in [0.1, 0.15) is 0 Å². The Morgan fingerprint density at radius 2 is 2.09 bits per heavy atom. The summed E-state index contributed by atoms with van der Waals surface area (Å²) in [6.07, 6.45) is 11.2. The molecule has 0 aliphatic carbocycles. The van der Waals surface area contributed by atoms with Crippen LogP contribution in [0.25, 0.3) is 28.7 Å². The Hall–Kier alpha value is -1.63. The van der Waals surface area contributed by atoms with Crippen molar-refractivity contribution in [1.82, 2.24) is 19.4 Å². The van der Waals surface area contributed by atoms with Crippen LogP contribution in [0.1, 0.15) is 24.6 Å². The second-order valence-electron chi connectivity index (χ2n) is 9.17. The van der Waals surface area contributed by atoms with E-state index in [4.69, 9.17) is 16.5 Å². The van der Waals surface area contributed by atoms with Crippen LogP contribution in [0.4, 0.5) is 5.82 Å². The van der Waals surface area contributed by atoms with Gasteiger partial charge in [0.05, 0.1) is 0 Å². The van der Waals surface area contributed by atoms with Gasteiger partial charge < -0.3 is 4.90 Å². The number of piperazine rings is 1. The number of likely N-dealkylation sites (tertiary alicyclic amines) is 2. The molecule has 2 saturated heterocycles. The normalized spacial score (nSPS) is 21.6. The van der Waals surface area contributed by atoms with Gasteiger partial charge in [0.15, 0.2) is 0 Å². The van der Waals surface area contributed by atoms with E-state index in [-0.39, 0.29) is 21.2 Å². The summed E-state index contributed by atoms with van der Waals surface area (Å²) in [6, 6.07) is 7.68. The number of likely N-dealkylation sites (N-methyl/N-ethyl adjacent to an activating group) is 1. The predicted octanol–water partition coefficient (Wildman–Crippen LogP) is 1.20. The number of hydrogen-bond acceptors (Lipinski definition) is 5. The predicted molar refractivity (Wildman–Crippen MR) is 153 cm³/mol. The van der Waals surface area contributed by atoms with Crippen LogP contribution in [0, 0.1) is 3.57 Å². The molecule has 35 heavy (non-hydrogen) atoms. The molecule has 8 heteroatoms. The van der Waals surface area contributed by atoms with Crippen molar-refractivity contribution in [2.24, 2.45) is 5.73 Å². The number of anilines is 1. The summed E-state index contributed by atoms with van der Waals surface area (Å²) < 4.78 is 4.24.